The normalized spacial score (nSPS) is 15.7. The highest BCUT2D eigenvalue weighted by Crippen LogP contribution is 2.18. The predicted molar refractivity (Wildman–Crippen MR) is 85.2 cm³/mol. The Morgan fingerprint density at radius 3 is 2.83 bits per heavy atom. The lowest BCUT2D eigenvalue weighted by Gasteiger charge is -2.26. The van der Waals surface area contributed by atoms with E-state index in [0.717, 1.165) is 11.3 Å². The van der Waals surface area contributed by atoms with Gasteiger partial charge < -0.3 is 15.1 Å². The maximum atomic E-state index is 12.3. The summed E-state index contributed by atoms with van der Waals surface area (Å²) in [5, 5.41) is 22.9. The minimum Gasteiger partial charge on any atom is -0.393 e. The smallest absolute Gasteiger partial charge is 0.246 e. The van der Waals surface area contributed by atoms with Crippen LogP contribution in [0.4, 0.5) is 0 Å². The van der Waals surface area contributed by atoms with Crippen LogP contribution in [0.3, 0.4) is 0 Å². The number of hydrogen-bond donors (Lipinski definition) is 2. The van der Waals surface area contributed by atoms with Crippen molar-refractivity contribution in [3.63, 3.8) is 0 Å². The van der Waals surface area contributed by atoms with Gasteiger partial charge in [0.1, 0.15) is 6.10 Å². The predicted octanol–water partition coefficient (Wildman–Crippen LogP) is 0.964. The molecule has 0 unspecified atom stereocenters. The monoisotopic (exact) mass is 313 g/mol. The molecular formula is C17H19N3O3. The lowest BCUT2D eigenvalue weighted by atomic mass is 10.2. The van der Waals surface area contributed by atoms with E-state index >= 15 is 0 Å². The fourth-order valence-corrected chi connectivity index (χ4v) is 2.57. The summed E-state index contributed by atoms with van der Waals surface area (Å²) in [6.45, 7) is 1.24. The molecule has 0 saturated carbocycles. The molecule has 1 aromatic heterocycles. The minimum atomic E-state index is -0.977. The SMILES string of the molecule is O=C(/C=C/c1ccccc1)N1CCn2nc([C@H](O)CO)cc2C1. The number of amides is 1. The van der Waals surface area contributed by atoms with Gasteiger partial charge in [-0.05, 0) is 17.7 Å². The molecule has 1 aliphatic rings. The number of aliphatic hydroxyl groups is 2. The molecule has 1 aromatic carbocycles. The summed E-state index contributed by atoms with van der Waals surface area (Å²) in [6.07, 6.45) is 2.40. The van der Waals surface area contributed by atoms with Crippen LogP contribution in [-0.2, 0) is 17.9 Å². The second kappa shape index (κ2) is 6.76. The molecule has 120 valence electrons. The lowest BCUT2D eigenvalue weighted by Crippen LogP contribution is -2.37. The first-order chi connectivity index (χ1) is 11.2. The molecule has 23 heavy (non-hydrogen) atoms. The van der Waals surface area contributed by atoms with Gasteiger partial charge in [-0.3, -0.25) is 9.48 Å². The Kier molecular flexibility index (Phi) is 4.55. The molecule has 0 bridgehead atoms. The van der Waals surface area contributed by atoms with Crippen molar-refractivity contribution in [3.8, 4) is 0 Å². The number of carbonyl (C=O) groups excluding carboxylic acids is 1. The van der Waals surface area contributed by atoms with E-state index in [1.54, 1.807) is 27.8 Å². The Balaban J connectivity index is 1.68. The van der Waals surface area contributed by atoms with Crippen LogP contribution in [0.1, 0.15) is 23.1 Å². The molecule has 2 N–H and O–H groups in total. The highest BCUT2D eigenvalue weighted by molar-refractivity contribution is 5.91. The molecule has 0 aliphatic carbocycles. The zero-order valence-electron chi connectivity index (χ0n) is 12.7. The summed E-state index contributed by atoms with van der Waals surface area (Å²) in [5.41, 5.74) is 2.29. The van der Waals surface area contributed by atoms with Crippen molar-refractivity contribution in [3.05, 3.63) is 59.4 Å². The first kappa shape index (κ1) is 15.5. The molecular weight excluding hydrogens is 294 g/mol. The van der Waals surface area contributed by atoms with E-state index in [0.29, 0.717) is 25.3 Å². The molecule has 0 radical (unpaired) electrons. The molecule has 6 nitrogen and oxygen atoms in total. The third-order valence-corrected chi connectivity index (χ3v) is 3.86. The molecule has 0 fully saturated rings. The molecule has 1 atom stereocenters. The third-order valence-electron chi connectivity index (χ3n) is 3.86. The number of nitrogens with zero attached hydrogens (tertiary/aromatic N) is 3. The molecule has 6 heteroatoms. The van der Waals surface area contributed by atoms with Crippen LogP contribution < -0.4 is 0 Å². The van der Waals surface area contributed by atoms with Crippen molar-refractivity contribution < 1.29 is 15.0 Å². The van der Waals surface area contributed by atoms with E-state index in [-0.39, 0.29) is 12.5 Å². The number of aliphatic hydroxyl groups excluding tert-OH is 2. The molecule has 2 heterocycles. The summed E-state index contributed by atoms with van der Waals surface area (Å²) < 4.78 is 1.78. The van der Waals surface area contributed by atoms with Crippen molar-refractivity contribution in [1.82, 2.24) is 14.7 Å². The average molecular weight is 313 g/mol. The number of carbonyl (C=O) groups is 1. The van der Waals surface area contributed by atoms with Crippen molar-refractivity contribution >= 4 is 12.0 Å². The van der Waals surface area contributed by atoms with Crippen LogP contribution in [0.15, 0.2) is 42.5 Å². The van der Waals surface area contributed by atoms with E-state index in [2.05, 4.69) is 5.10 Å². The van der Waals surface area contributed by atoms with Gasteiger partial charge in [-0.15, -0.1) is 0 Å². The van der Waals surface area contributed by atoms with E-state index in [1.807, 2.05) is 30.3 Å². The van der Waals surface area contributed by atoms with E-state index < -0.39 is 6.10 Å². The number of benzene rings is 1. The summed E-state index contributed by atoms with van der Waals surface area (Å²) in [6, 6.07) is 11.4. The van der Waals surface area contributed by atoms with Crippen molar-refractivity contribution in [2.24, 2.45) is 0 Å². The van der Waals surface area contributed by atoms with Gasteiger partial charge in [-0.2, -0.15) is 5.10 Å². The zero-order chi connectivity index (χ0) is 16.2. The van der Waals surface area contributed by atoms with Crippen molar-refractivity contribution in [2.75, 3.05) is 13.2 Å². The van der Waals surface area contributed by atoms with Gasteiger partial charge in [-0.1, -0.05) is 30.3 Å². The van der Waals surface area contributed by atoms with Crippen LogP contribution >= 0.6 is 0 Å². The fourth-order valence-electron chi connectivity index (χ4n) is 2.57. The first-order valence-electron chi connectivity index (χ1n) is 7.55. The van der Waals surface area contributed by atoms with Crippen LogP contribution in [0.2, 0.25) is 0 Å². The Morgan fingerprint density at radius 2 is 2.09 bits per heavy atom. The Morgan fingerprint density at radius 1 is 1.30 bits per heavy atom. The largest absolute Gasteiger partial charge is 0.393 e. The second-order valence-electron chi connectivity index (χ2n) is 5.49. The first-order valence-corrected chi connectivity index (χ1v) is 7.55. The van der Waals surface area contributed by atoms with E-state index in [1.165, 1.54) is 0 Å². The molecule has 0 spiro atoms. The standard InChI is InChI=1S/C17H19N3O3/c21-12-16(22)15-10-14-11-19(8-9-20(14)18-15)17(23)7-6-13-4-2-1-3-5-13/h1-7,10,16,21-22H,8-9,11-12H2/b7-6+/t16-/m1/s1. The summed E-state index contributed by atoms with van der Waals surface area (Å²) in [7, 11) is 0. The lowest BCUT2D eigenvalue weighted by molar-refractivity contribution is -0.127. The minimum absolute atomic E-state index is 0.0504. The number of rotatable bonds is 4. The quantitative estimate of drug-likeness (QED) is 0.824. The Hall–Kier alpha value is -2.44. The second-order valence-corrected chi connectivity index (χ2v) is 5.49. The number of fused-ring (bicyclic) bond motifs is 1. The van der Waals surface area contributed by atoms with Gasteiger partial charge in [0.25, 0.3) is 0 Å². The van der Waals surface area contributed by atoms with Gasteiger partial charge in [-0.25, -0.2) is 0 Å². The van der Waals surface area contributed by atoms with E-state index in [4.69, 9.17) is 5.11 Å². The third kappa shape index (κ3) is 3.49. The van der Waals surface area contributed by atoms with E-state index in [9.17, 15) is 9.90 Å². The maximum Gasteiger partial charge on any atom is 0.246 e. The highest BCUT2D eigenvalue weighted by Gasteiger charge is 2.22. The number of aromatic nitrogens is 2. The van der Waals surface area contributed by atoms with Crippen LogP contribution in [0.25, 0.3) is 6.08 Å². The maximum absolute atomic E-state index is 12.3. The van der Waals surface area contributed by atoms with Crippen molar-refractivity contribution in [1.29, 1.82) is 0 Å². The molecule has 3 rings (SSSR count). The molecule has 2 aromatic rings. The van der Waals surface area contributed by atoms with Crippen LogP contribution in [0, 0.1) is 0 Å². The highest BCUT2D eigenvalue weighted by atomic mass is 16.3. The summed E-state index contributed by atoms with van der Waals surface area (Å²) in [4.78, 5) is 14.0. The van der Waals surface area contributed by atoms with Gasteiger partial charge in [0.05, 0.1) is 31.1 Å². The average Bonchev–Trinajstić information content (AvgIpc) is 3.03. The molecule has 0 saturated heterocycles. The zero-order valence-corrected chi connectivity index (χ0v) is 12.7. The van der Waals surface area contributed by atoms with Crippen LogP contribution in [0.5, 0.6) is 0 Å². The number of hydrogen-bond acceptors (Lipinski definition) is 4. The molecule has 1 amide bonds. The molecule has 1 aliphatic heterocycles. The van der Waals surface area contributed by atoms with Gasteiger partial charge in [0.15, 0.2) is 0 Å². The van der Waals surface area contributed by atoms with Gasteiger partial charge in [0.2, 0.25) is 5.91 Å². The Bertz CT molecular complexity index is 709. The van der Waals surface area contributed by atoms with Crippen molar-refractivity contribution in [2.45, 2.75) is 19.2 Å². The summed E-state index contributed by atoms with van der Waals surface area (Å²) >= 11 is 0. The van der Waals surface area contributed by atoms with Crippen LogP contribution in [-0.4, -0.2) is 44.0 Å². The fraction of sp³-hybridized carbons (Fsp3) is 0.294. The summed E-state index contributed by atoms with van der Waals surface area (Å²) in [5.74, 6) is -0.0504. The van der Waals surface area contributed by atoms with Gasteiger partial charge in [0, 0.05) is 12.6 Å². The van der Waals surface area contributed by atoms with Gasteiger partial charge >= 0.3 is 0 Å². The topological polar surface area (TPSA) is 78.6 Å². The Labute approximate surface area is 134 Å².